The van der Waals surface area contributed by atoms with E-state index in [0.717, 1.165) is 29.7 Å². The molecule has 0 saturated heterocycles. The number of thiophene rings is 1. The Morgan fingerprint density at radius 2 is 2.15 bits per heavy atom. The van der Waals surface area contributed by atoms with Gasteiger partial charge in [0.05, 0.1) is 18.8 Å². The predicted octanol–water partition coefficient (Wildman–Crippen LogP) is 3.40. The normalized spacial score (nSPS) is 13.8. The Morgan fingerprint density at radius 1 is 1.35 bits per heavy atom. The molecule has 1 amide bonds. The minimum Gasteiger partial charge on any atom is -0.376 e. The van der Waals surface area contributed by atoms with Crippen molar-refractivity contribution in [3.8, 4) is 0 Å². The molecule has 3 rings (SSSR count). The third-order valence-corrected chi connectivity index (χ3v) is 4.65. The van der Waals surface area contributed by atoms with Crippen LogP contribution in [0.1, 0.15) is 26.4 Å². The maximum Gasteiger partial charge on any atom is 0.252 e. The van der Waals surface area contributed by atoms with Crippen LogP contribution in [0.15, 0.2) is 29.6 Å². The Labute approximate surface area is 126 Å². The summed E-state index contributed by atoms with van der Waals surface area (Å²) >= 11 is 7.48. The van der Waals surface area contributed by atoms with E-state index in [2.05, 4.69) is 5.32 Å². The molecular formula is C15H14ClNO2S. The summed E-state index contributed by atoms with van der Waals surface area (Å²) in [6, 6.07) is 7.47. The second-order valence-corrected chi connectivity index (χ2v) is 6.06. The lowest BCUT2D eigenvalue weighted by atomic mass is 10.1. The molecule has 1 aliphatic heterocycles. The second-order valence-electron chi connectivity index (χ2n) is 4.66. The number of carbonyl (C=O) groups is 1. The van der Waals surface area contributed by atoms with Crippen molar-refractivity contribution in [1.29, 1.82) is 0 Å². The Kier molecular flexibility index (Phi) is 4.05. The van der Waals surface area contributed by atoms with Gasteiger partial charge in [-0.15, -0.1) is 11.3 Å². The molecule has 5 heteroatoms. The molecule has 0 spiro atoms. The average molecular weight is 308 g/mol. The van der Waals surface area contributed by atoms with Crippen LogP contribution >= 0.6 is 22.9 Å². The van der Waals surface area contributed by atoms with Crippen molar-refractivity contribution >= 4 is 28.8 Å². The topological polar surface area (TPSA) is 38.3 Å². The molecule has 1 N–H and O–H groups in total. The van der Waals surface area contributed by atoms with Crippen LogP contribution in [0.5, 0.6) is 0 Å². The minimum atomic E-state index is -0.0389. The van der Waals surface area contributed by atoms with Crippen LogP contribution in [0.3, 0.4) is 0 Å². The number of ether oxygens (including phenoxy) is 1. The molecule has 0 aliphatic carbocycles. The van der Waals surface area contributed by atoms with Gasteiger partial charge in [-0.25, -0.2) is 0 Å². The molecule has 1 aliphatic rings. The largest absolute Gasteiger partial charge is 0.376 e. The summed E-state index contributed by atoms with van der Waals surface area (Å²) in [7, 11) is 0. The lowest BCUT2D eigenvalue weighted by Crippen LogP contribution is -2.24. The van der Waals surface area contributed by atoms with Gasteiger partial charge in [0.1, 0.15) is 0 Å². The average Bonchev–Trinajstić information content (AvgIpc) is 2.90. The van der Waals surface area contributed by atoms with E-state index < -0.39 is 0 Å². The fraction of sp³-hybridized carbons (Fsp3) is 0.267. The number of nitrogens with one attached hydrogen (secondary N) is 1. The Morgan fingerprint density at radius 3 is 2.95 bits per heavy atom. The zero-order valence-electron chi connectivity index (χ0n) is 10.8. The van der Waals surface area contributed by atoms with Crippen molar-refractivity contribution < 1.29 is 9.53 Å². The van der Waals surface area contributed by atoms with Gasteiger partial charge in [0, 0.05) is 33.8 Å². The van der Waals surface area contributed by atoms with E-state index in [1.165, 1.54) is 4.88 Å². The highest BCUT2D eigenvalue weighted by Gasteiger charge is 2.20. The van der Waals surface area contributed by atoms with E-state index in [-0.39, 0.29) is 5.91 Å². The number of hydrogen-bond donors (Lipinski definition) is 1. The first kappa shape index (κ1) is 13.6. The molecule has 2 aromatic rings. The molecule has 0 radical (unpaired) electrons. The molecule has 0 saturated carbocycles. The molecule has 3 nitrogen and oxygen atoms in total. The molecule has 1 aromatic carbocycles. The van der Waals surface area contributed by atoms with Crippen molar-refractivity contribution in [3.63, 3.8) is 0 Å². The highest BCUT2D eigenvalue weighted by Crippen LogP contribution is 2.27. The lowest BCUT2D eigenvalue weighted by molar-refractivity contribution is 0.0928. The second kappa shape index (κ2) is 5.95. The fourth-order valence-electron chi connectivity index (χ4n) is 2.20. The van der Waals surface area contributed by atoms with Crippen molar-refractivity contribution in [1.82, 2.24) is 5.32 Å². The van der Waals surface area contributed by atoms with Gasteiger partial charge in [-0.2, -0.15) is 0 Å². The molecule has 20 heavy (non-hydrogen) atoms. The van der Waals surface area contributed by atoms with E-state index in [1.54, 1.807) is 11.3 Å². The first-order valence-electron chi connectivity index (χ1n) is 6.43. The van der Waals surface area contributed by atoms with Crippen molar-refractivity contribution in [3.05, 3.63) is 56.2 Å². The monoisotopic (exact) mass is 307 g/mol. The molecule has 2 heterocycles. The van der Waals surface area contributed by atoms with Gasteiger partial charge in [0.25, 0.3) is 5.91 Å². The molecule has 0 atom stereocenters. The number of amides is 1. The summed E-state index contributed by atoms with van der Waals surface area (Å²) in [5.74, 6) is -0.0389. The molecule has 0 fully saturated rings. The quantitative estimate of drug-likeness (QED) is 0.944. The first-order chi connectivity index (χ1) is 9.74. The SMILES string of the molecule is O=C(NCc1ccc(Cl)cc1)c1csc2c1COCC2. The zero-order valence-corrected chi connectivity index (χ0v) is 12.4. The first-order valence-corrected chi connectivity index (χ1v) is 7.69. The third-order valence-electron chi connectivity index (χ3n) is 3.31. The van der Waals surface area contributed by atoms with Crippen LogP contribution in [-0.2, 0) is 24.3 Å². The van der Waals surface area contributed by atoms with Crippen LogP contribution in [0.4, 0.5) is 0 Å². The van der Waals surface area contributed by atoms with Crippen LogP contribution in [0.2, 0.25) is 5.02 Å². The summed E-state index contributed by atoms with van der Waals surface area (Å²) in [5.41, 5.74) is 2.83. The van der Waals surface area contributed by atoms with Gasteiger partial charge in [0.15, 0.2) is 0 Å². The van der Waals surface area contributed by atoms with Crippen LogP contribution in [0.25, 0.3) is 0 Å². The number of hydrogen-bond acceptors (Lipinski definition) is 3. The number of carbonyl (C=O) groups excluding carboxylic acids is 1. The molecule has 104 valence electrons. The summed E-state index contributed by atoms with van der Waals surface area (Å²) < 4.78 is 5.43. The smallest absolute Gasteiger partial charge is 0.252 e. The minimum absolute atomic E-state index is 0.0389. The van der Waals surface area contributed by atoms with E-state index in [9.17, 15) is 4.79 Å². The van der Waals surface area contributed by atoms with Crippen LogP contribution < -0.4 is 5.32 Å². The highest BCUT2D eigenvalue weighted by atomic mass is 35.5. The fourth-order valence-corrected chi connectivity index (χ4v) is 3.35. The number of rotatable bonds is 3. The molecule has 0 unspecified atom stereocenters. The highest BCUT2D eigenvalue weighted by molar-refractivity contribution is 7.10. The van der Waals surface area contributed by atoms with E-state index in [4.69, 9.17) is 16.3 Å². The van der Waals surface area contributed by atoms with Gasteiger partial charge >= 0.3 is 0 Å². The lowest BCUT2D eigenvalue weighted by Gasteiger charge is -2.13. The molecule has 1 aromatic heterocycles. The van der Waals surface area contributed by atoms with Gasteiger partial charge in [-0.1, -0.05) is 23.7 Å². The van der Waals surface area contributed by atoms with Crippen molar-refractivity contribution in [2.45, 2.75) is 19.6 Å². The number of fused-ring (bicyclic) bond motifs is 1. The summed E-state index contributed by atoms with van der Waals surface area (Å²) in [5, 5.41) is 5.57. The van der Waals surface area contributed by atoms with E-state index >= 15 is 0 Å². The van der Waals surface area contributed by atoms with E-state index in [1.807, 2.05) is 29.6 Å². The predicted molar refractivity (Wildman–Crippen MR) is 80.3 cm³/mol. The van der Waals surface area contributed by atoms with Gasteiger partial charge in [-0.05, 0) is 17.7 Å². The van der Waals surface area contributed by atoms with Gasteiger partial charge in [-0.3, -0.25) is 4.79 Å². The van der Waals surface area contributed by atoms with Crippen molar-refractivity contribution in [2.75, 3.05) is 6.61 Å². The van der Waals surface area contributed by atoms with Gasteiger partial charge in [0.2, 0.25) is 0 Å². The summed E-state index contributed by atoms with van der Waals surface area (Å²) in [6.07, 6.45) is 0.907. The maximum absolute atomic E-state index is 12.2. The summed E-state index contributed by atoms with van der Waals surface area (Å²) in [4.78, 5) is 13.5. The number of benzene rings is 1. The van der Waals surface area contributed by atoms with Crippen LogP contribution in [0, 0.1) is 0 Å². The Balaban J connectivity index is 1.67. The Bertz CT molecular complexity index is 621. The Hall–Kier alpha value is -1.36. The van der Waals surface area contributed by atoms with Crippen molar-refractivity contribution in [2.24, 2.45) is 0 Å². The summed E-state index contributed by atoms with van der Waals surface area (Å²) in [6.45, 7) is 1.79. The molecular weight excluding hydrogens is 294 g/mol. The third kappa shape index (κ3) is 2.87. The van der Waals surface area contributed by atoms with Gasteiger partial charge < -0.3 is 10.1 Å². The van der Waals surface area contributed by atoms with Crippen LogP contribution in [-0.4, -0.2) is 12.5 Å². The maximum atomic E-state index is 12.2. The zero-order chi connectivity index (χ0) is 13.9. The number of halogens is 1. The van der Waals surface area contributed by atoms with E-state index in [0.29, 0.717) is 18.2 Å². The molecule has 0 bridgehead atoms. The standard InChI is InChI=1S/C15H14ClNO2S/c16-11-3-1-10(2-4-11)7-17-15(18)13-9-20-14-5-6-19-8-12(13)14/h1-4,9H,5-8H2,(H,17,18).